The number of aryl methyl sites for hydroxylation is 1. The van der Waals surface area contributed by atoms with Crippen LogP contribution >= 0.6 is 0 Å². The first-order chi connectivity index (χ1) is 7.13. The number of nitrogens with zero attached hydrogens (tertiary/aromatic N) is 2. The van der Waals surface area contributed by atoms with Gasteiger partial charge in [-0.2, -0.15) is 5.26 Å². The SMILES string of the molecule is Cc1ccc(O)c(CNC(C)CC#N)n1. The molecule has 2 N–H and O–H groups in total. The molecule has 1 aromatic rings. The highest BCUT2D eigenvalue weighted by Gasteiger charge is 2.05. The first-order valence-corrected chi connectivity index (χ1v) is 4.89. The molecule has 0 aliphatic carbocycles. The fourth-order valence-corrected chi connectivity index (χ4v) is 1.21. The molecule has 4 nitrogen and oxygen atoms in total. The molecule has 1 heterocycles. The van der Waals surface area contributed by atoms with Crippen molar-refractivity contribution in [2.45, 2.75) is 32.9 Å². The van der Waals surface area contributed by atoms with E-state index < -0.39 is 0 Å². The van der Waals surface area contributed by atoms with E-state index in [1.54, 1.807) is 12.1 Å². The molecule has 0 saturated heterocycles. The molecule has 1 aromatic heterocycles. The van der Waals surface area contributed by atoms with Crippen molar-refractivity contribution in [2.75, 3.05) is 0 Å². The summed E-state index contributed by atoms with van der Waals surface area (Å²) in [5.41, 5.74) is 1.50. The molecule has 15 heavy (non-hydrogen) atoms. The summed E-state index contributed by atoms with van der Waals surface area (Å²) in [5, 5.41) is 21.1. The van der Waals surface area contributed by atoms with Gasteiger partial charge in [0.2, 0.25) is 0 Å². The summed E-state index contributed by atoms with van der Waals surface area (Å²) in [6.07, 6.45) is 0.451. The van der Waals surface area contributed by atoms with Crippen LogP contribution in [0.1, 0.15) is 24.7 Å². The van der Waals surface area contributed by atoms with Crippen LogP contribution in [0.25, 0.3) is 0 Å². The molecule has 1 unspecified atom stereocenters. The molecule has 0 aromatic carbocycles. The van der Waals surface area contributed by atoms with Crippen LogP contribution in [0.2, 0.25) is 0 Å². The van der Waals surface area contributed by atoms with Crippen LogP contribution in [-0.4, -0.2) is 16.1 Å². The summed E-state index contributed by atoms with van der Waals surface area (Å²) in [5.74, 6) is 0.192. The Hall–Kier alpha value is -1.60. The number of hydrogen-bond donors (Lipinski definition) is 2. The molecule has 80 valence electrons. The number of hydrogen-bond acceptors (Lipinski definition) is 4. The molecular weight excluding hydrogens is 190 g/mol. The van der Waals surface area contributed by atoms with E-state index in [1.165, 1.54) is 0 Å². The molecule has 0 amide bonds. The first kappa shape index (κ1) is 11.5. The maximum atomic E-state index is 9.51. The van der Waals surface area contributed by atoms with Crippen molar-refractivity contribution in [3.05, 3.63) is 23.5 Å². The number of pyridine rings is 1. The quantitative estimate of drug-likeness (QED) is 0.781. The molecule has 0 radical (unpaired) electrons. The minimum absolute atomic E-state index is 0.108. The summed E-state index contributed by atoms with van der Waals surface area (Å²) in [7, 11) is 0. The lowest BCUT2D eigenvalue weighted by atomic mass is 10.2. The number of aromatic hydroxyl groups is 1. The number of rotatable bonds is 4. The topological polar surface area (TPSA) is 68.9 Å². The standard InChI is InChI=1S/C11H15N3O/c1-8(5-6-12)13-7-10-11(15)4-3-9(2)14-10/h3-4,8,13,15H,5,7H2,1-2H3. The summed E-state index contributed by atoms with van der Waals surface area (Å²) in [4.78, 5) is 4.21. The lowest BCUT2D eigenvalue weighted by Crippen LogP contribution is -2.25. The molecule has 0 aliphatic rings. The molecule has 0 aliphatic heterocycles. The third-order valence-electron chi connectivity index (χ3n) is 2.10. The highest BCUT2D eigenvalue weighted by atomic mass is 16.3. The number of nitriles is 1. The van der Waals surface area contributed by atoms with E-state index in [0.29, 0.717) is 18.7 Å². The molecular formula is C11H15N3O. The zero-order chi connectivity index (χ0) is 11.3. The Balaban J connectivity index is 2.57. The first-order valence-electron chi connectivity index (χ1n) is 4.89. The fraction of sp³-hybridized carbons (Fsp3) is 0.455. The van der Waals surface area contributed by atoms with Gasteiger partial charge in [-0.05, 0) is 26.0 Å². The molecule has 0 fully saturated rings. The second-order valence-electron chi connectivity index (χ2n) is 3.56. The van der Waals surface area contributed by atoms with Crippen molar-refractivity contribution in [1.29, 1.82) is 5.26 Å². The third-order valence-corrected chi connectivity index (χ3v) is 2.10. The lowest BCUT2D eigenvalue weighted by Gasteiger charge is -2.10. The average molecular weight is 205 g/mol. The highest BCUT2D eigenvalue weighted by molar-refractivity contribution is 5.27. The zero-order valence-electron chi connectivity index (χ0n) is 8.99. The molecule has 1 atom stereocenters. The van der Waals surface area contributed by atoms with Crippen LogP contribution in [0.3, 0.4) is 0 Å². The Labute approximate surface area is 89.6 Å². The monoisotopic (exact) mass is 205 g/mol. The van der Waals surface area contributed by atoms with E-state index in [4.69, 9.17) is 5.26 Å². The van der Waals surface area contributed by atoms with Gasteiger partial charge in [0.25, 0.3) is 0 Å². The lowest BCUT2D eigenvalue weighted by molar-refractivity contribution is 0.453. The summed E-state index contributed by atoms with van der Waals surface area (Å²) >= 11 is 0. The number of aromatic nitrogens is 1. The zero-order valence-corrected chi connectivity index (χ0v) is 8.99. The van der Waals surface area contributed by atoms with Gasteiger partial charge in [0.15, 0.2) is 0 Å². The van der Waals surface area contributed by atoms with Gasteiger partial charge in [0, 0.05) is 18.3 Å². The Morgan fingerprint density at radius 3 is 3.00 bits per heavy atom. The Kier molecular flexibility index (Phi) is 4.07. The van der Waals surface area contributed by atoms with Gasteiger partial charge in [-0.25, -0.2) is 0 Å². The van der Waals surface area contributed by atoms with Crippen molar-refractivity contribution >= 4 is 0 Å². The summed E-state index contributed by atoms with van der Waals surface area (Å²) < 4.78 is 0. The van der Waals surface area contributed by atoms with Gasteiger partial charge in [0.05, 0.1) is 18.2 Å². The van der Waals surface area contributed by atoms with E-state index in [1.807, 2.05) is 13.8 Å². The molecule has 0 spiro atoms. The van der Waals surface area contributed by atoms with E-state index in [2.05, 4.69) is 16.4 Å². The minimum Gasteiger partial charge on any atom is -0.506 e. The maximum Gasteiger partial charge on any atom is 0.138 e. The van der Waals surface area contributed by atoms with E-state index in [9.17, 15) is 5.11 Å². The molecule has 0 saturated carbocycles. The van der Waals surface area contributed by atoms with Crippen LogP contribution in [0.4, 0.5) is 0 Å². The van der Waals surface area contributed by atoms with Crippen molar-refractivity contribution in [3.63, 3.8) is 0 Å². The minimum atomic E-state index is 0.108. The predicted octanol–water partition coefficient (Wildman–Crippen LogP) is 1.49. The Bertz CT molecular complexity index is 371. The van der Waals surface area contributed by atoms with Gasteiger partial charge in [0.1, 0.15) is 5.75 Å². The summed E-state index contributed by atoms with van der Waals surface area (Å²) in [6.45, 7) is 4.29. The van der Waals surface area contributed by atoms with Crippen molar-refractivity contribution in [2.24, 2.45) is 0 Å². The molecule has 0 bridgehead atoms. The normalized spacial score (nSPS) is 12.1. The van der Waals surface area contributed by atoms with E-state index >= 15 is 0 Å². The maximum absolute atomic E-state index is 9.51. The smallest absolute Gasteiger partial charge is 0.138 e. The molecule has 1 rings (SSSR count). The second-order valence-corrected chi connectivity index (χ2v) is 3.56. The highest BCUT2D eigenvalue weighted by Crippen LogP contribution is 2.14. The average Bonchev–Trinajstić information content (AvgIpc) is 2.20. The fourth-order valence-electron chi connectivity index (χ4n) is 1.21. The summed E-state index contributed by atoms with van der Waals surface area (Å²) in [6, 6.07) is 5.59. The van der Waals surface area contributed by atoms with Crippen LogP contribution in [-0.2, 0) is 6.54 Å². The largest absolute Gasteiger partial charge is 0.506 e. The van der Waals surface area contributed by atoms with E-state index in [-0.39, 0.29) is 11.8 Å². The molecule has 4 heteroatoms. The van der Waals surface area contributed by atoms with Crippen LogP contribution in [0, 0.1) is 18.3 Å². The van der Waals surface area contributed by atoms with Gasteiger partial charge in [-0.15, -0.1) is 0 Å². The number of nitrogens with one attached hydrogen (secondary N) is 1. The van der Waals surface area contributed by atoms with Crippen LogP contribution in [0.15, 0.2) is 12.1 Å². The van der Waals surface area contributed by atoms with Gasteiger partial charge < -0.3 is 10.4 Å². The van der Waals surface area contributed by atoms with Gasteiger partial charge in [-0.1, -0.05) is 0 Å². The van der Waals surface area contributed by atoms with Crippen molar-refractivity contribution in [1.82, 2.24) is 10.3 Å². The Morgan fingerprint density at radius 1 is 1.60 bits per heavy atom. The van der Waals surface area contributed by atoms with Gasteiger partial charge in [-0.3, -0.25) is 4.98 Å². The van der Waals surface area contributed by atoms with Crippen LogP contribution < -0.4 is 5.32 Å². The van der Waals surface area contributed by atoms with Crippen LogP contribution in [0.5, 0.6) is 5.75 Å². The third kappa shape index (κ3) is 3.56. The van der Waals surface area contributed by atoms with E-state index in [0.717, 1.165) is 5.69 Å². The Morgan fingerprint density at radius 2 is 2.33 bits per heavy atom. The van der Waals surface area contributed by atoms with Gasteiger partial charge >= 0.3 is 0 Å². The predicted molar refractivity (Wildman–Crippen MR) is 57.2 cm³/mol. The van der Waals surface area contributed by atoms with Crippen molar-refractivity contribution < 1.29 is 5.11 Å². The van der Waals surface area contributed by atoms with Crippen molar-refractivity contribution in [3.8, 4) is 11.8 Å². The second kappa shape index (κ2) is 5.32.